The van der Waals surface area contributed by atoms with Gasteiger partial charge in [-0.2, -0.15) is 0 Å². The first-order chi connectivity index (χ1) is 14.5. The summed E-state index contributed by atoms with van der Waals surface area (Å²) in [5, 5.41) is 8.30. The summed E-state index contributed by atoms with van der Waals surface area (Å²) in [4.78, 5) is 20.0. The van der Waals surface area contributed by atoms with Crippen LogP contribution in [0.4, 0.5) is 0 Å². The number of halogens is 1. The van der Waals surface area contributed by atoms with E-state index in [-0.39, 0.29) is 11.8 Å². The predicted octanol–water partition coefficient (Wildman–Crippen LogP) is 6.31. The fourth-order valence-electron chi connectivity index (χ4n) is 3.49. The van der Waals surface area contributed by atoms with Gasteiger partial charge in [-0.1, -0.05) is 77.1 Å². The molecule has 0 aliphatic rings. The Hall–Kier alpha value is -2.14. The van der Waals surface area contributed by atoms with Crippen molar-refractivity contribution in [3.05, 3.63) is 42.2 Å². The van der Waals surface area contributed by atoms with Crippen LogP contribution in [0, 0.1) is 5.92 Å². The summed E-state index contributed by atoms with van der Waals surface area (Å²) >= 11 is 6.09. The van der Waals surface area contributed by atoms with Gasteiger partial charge in [0.1, 0.15) is 5.38 Å². The van der Waals surface area contributed by atoms with E-state index in [0.717, 1.165) is 23.1 Å². The molecular weight excluding hydrogens is 400 g/mol. The first-order valence-corrected chi connectivity index (χ1v) is 11.3. The van der Waals surface area contributed by atoms with Gasteiger partial charge >= 0.3 is 12.0 Å². The molecule has 0 aliphatic heterocycles. The van der Waals surface area contributed by atoms with E-state index in [0.29, 0.717) is 12.6 Å². The maximum Gasteiger partial charge on any atom is 0.321 e. The van der Waals surface area contributed by atoms with Gasteiger partial charge in [0.05, 0.1) is 6.61 Å². The molecule has 1 heterocycles. The maximum atomic E-state index is 11.3. The molecule has 3 atom stereocenters. The van der Waals surface area contributed by atoms with E-state index < -0.39 is 11.3 Å². The fourth-order valence-corrected chi connectivity index (χ4v) is 3.71. The smallest absolute Gasteiger partial charge is 0.321 e. The molecule has 0 spiro atoms. The standard InChI is InChI=1S/C24H33ClN2O3/c1-4-5-6-7-8-11-14-30-24-26-15-19(16-27-24)21-13-10-9-12-20(21)17(2)18(3)22(25)23(28)29/h9-10,12-13,15-18,22H,4-8,11,14H2,1-3H3,(H,28,29). The Labute approximate surface area is 184 Å². The molecule has 0 amide bonds. The van der Waals surface area contributed by atoms with E-state index in [1.54, 1.807) is 12.4 Å². The number of carboxylic acid groups (broad SMARTS) is 1. The molecular formula is C24H33ClN2O3. The lowest BCUT2D eigenvalue weighted by molar-refractivity contribution is -0.137. The number of aromatic nitrogens is 2. The van der Waals surface area contributed by atoms with Gasteiger partial charge in [0, 0.05) is 18.0 Å². The SMILES string of the molecule is CCCCCCCCOc1ncc(-c2ccccc2C(C)C(C)C(Cl)C(=O)O)cn1. The van der Waals surface area contributed by atoms with Crippen molar-refractivity contribution in [3.8, 4) is 17.1 Å². The Morgan fingerprint density at radius 3 is 2.37 bits per heavy atom. The molecule has 6 heteroatoms. The minimum atomic E-state index is -0.997. The van der Waals surface area contributed by atoms with Gasteiger partial charge in [-0.15, -0.1) is 11.6 Å². The molecule has 2 rings (SSSR count). The molecule has 5 nitrogen and oxygen atoms in total. The van der Waals surface area contributed by atoms with Gasteiger partial charge in [0.15, 0.2) is 0 Å². The summed E-state index contributed by atoms with van der Waals surface area (Å²) in [7, 11) is 0. The van der Waals surface area contributed by atoms with Crippen LogP contribution in [0.2, 0.25) is 0 Å². The Balaban J connectivity index is 2.00. The van der Waals surface area contributed by atoms with Crippen LogP contribution in [0.5, 0.6) is 6.01 Å². The summed E-state index contributed by atoms with van der Waals surface area (Å²) in [6.07, 6.45) is 10.8. The quantitative estimate of drug-likeness (QED) is 0.296. The van der Waals surface area contributed by atoms with Crippen LogP contribution in [0.15, 0.2) is 36.7 Å². The summed E-state index contributed by atoms with van der Waals surface area (Å²) in [5.74, 6) is -1.27. The normalized spacial score (nSPS) is 14.1. The summed E-state index contributed by atoms with van der Waals surface area (Å²) in [6, 6.07) is 8.29. The van der Waals surface area contributed by atoms with Crippen molar-refractivity contribution in [1.82, 2.24) is 9.97 Å². The van der Waals surface area contributed by atoms with E-state index in [1.165, 1.54) is 32.1 Å². The van der Waals surface area contributed by atoms with E-state index in [4.69, 9.17) is 16.3 Å². The van der Waals surface area contributed by atoms with Crippen molar-refractivity contribution < 1.29 is 14.6 Å². The predicted molar refractivity (Wildman–Crippen MR) is 121 cm³/mol. The number of hydrogen-bond donors (Lipinski definition) is 1. The summed E-state index contributed by atoms with van der Waals surface area (Å²) in [6.45, 7) is 6.71. The first-order valence-electron chi connectivity index (χ1n) is 10.9. The van der Waals surface area contributed by atoms with E-state index in [1.807, 2.05) is 38.1 Å². The maximum absolute atomic E-state index is 11.3. The van der Waals surface area contributed by atoms with Crippen molar-refractivity contribution in [2.75, 3.05) is 6.61 Å². The number of aliphatic carboxylic acids is 1. The van der Waals surface area contributed by atoms with Gasteiger partial charge in [0.25, 0.3) is 0 Å². The number of benzene rings is 1. The monoisotopic (exact) mass is 432 g/mol. The number of carboxylic acids is 1. The number of carbonyl (C=O) groups is 1. The number of unbranched alkanes of at least 4 members (excludes halogenated alkanes) is 5. The van der Waals surface area contributed by atoms with Gasteiger partial charge in [-0.05, 0) is 29.4 Å². The van der Waals surface area contributed by atoms with Crippen LogP contribution in [0.1, 0.15) is 70.8 Å². The second-order valence-corrected chi connectivity index (χ2v) is 8.32. The van der Waals surface area contributed by atoms with Crippen molar-refractivity contribution in [2.24, 2.45) is 5.92 Å². The van der Waals surface area contributed by atoms with Crippen LogP contribution < -0.4 is 4.74 Å². The van der Waals surface area contributed by atoms with Crippen LogP contribution in [-0.4, -0.2) is 33.0 Å². The number of ether oxygens (including phenoxy) is 1. The lowest BCUT2D eigenvalue weighted by atomic mass is 9.83. The number of hydrogen-bond acceptors (Lipinski definition) is 4. The zero-order chi connectivity index (χ0) is 21.9. The van der Waals surface area contributed by atoms with Crippen LogP contribution in [-0.2, 0) is 4.79 Å². The van der Waals surface area contributed by atoms with Gasteiger partial charge in [-0.3, -0.25) is 4.79 Å². The Morgan fingerprint density at radius 1 is 1.07 bits per heavy atom. The highest BCUT2D eigenvalue weighted by Gasteiger charge is 2.28. The molecule has 0 fully saturated rings. The third kappa shape index (κ3) is 6.98. The molecule has 1 aromatic heterocycles. The zero-order valence-electron chi connectivity index (χ0n) is 18.2. The second kappa shape index (κ2) is 12.5. The highest BCUT2D eigenvalue weighted by atomic mass is 35.5. The molecule has 0 bridgehead atoms. The van der Waals surface area contributed by atoms with E-state index in [2.05, 4.69) is 16.9 Å². The zero-order valence-corrected chi connectivity index (χ0v) is 18.9. The Morgan fingerprint density at radius 2 is 1.70 bits per heavy atom. The largest absolute Gasteiger partial charge is 0.480 e. The van der Waals surface area contributed by atoms with Crippen LogP contribution >= 0.6 is 11.6 Å². The van der Waals surface area contributed by atoms with Crippen LogP contribution in [0.3, 0.4) is 0 Å². The average Bonchev–Trinajstić information content (AvgIpc) is 2.77. The lowest BCUT2D eigenvalue weighted by Crippen LogP contribution is -2.26. The molecule has 0 saturated heterocycles. The van der Waals surface area contributed by atoms with Gasteiger partial charge < -0.3 is 9.84 Å². The molecule has 0 radical (unpaired) electrons. The fraction of sp³-hybridized carbons (Fsp3) is 0.542. The van der Waals surface area contributed by atoms with Gasteiger partial charge in [0.2, 0.25) is 0 Å². The molecule has 0 aliphatic carbocycles. The highest BCUT2D eigenvalue weighted by Crippen LogP contribution is 2.35. The third-order valence-corrected chi connectivity index (χ3v) is 6.19. The third-order valence-electron chi connectivity index (χ3n) is 5.61. The summed E-state index contributed by atoms with van der Waals surface area (Å²) < 4.78 is 5.67. The Bertz CT molecular complexity index is 782. The number of nitrogens with zero attached hydrogens (tertiary/aromatic N) is 2. The molecule has 1 N–H and O–H groups in total. The van der Waals surface area contributed by atoms with Crippen molar-refractivity contribution in [2.45, 2.75) is 70.6 Å². The lowest BCUT2D eigenvalue weighted by Gasteiger charge is -2.24. The first kappa shape index (κ1) is 24.1. The summed E-state index contributed by atoms with van der Waals surface area (Å²) in [5.41, 5.74) is 2.88. The van der Waals surface area contributed by atoms with Gasteiger partial charge in [-0.25, -0.2) is 9.97 Å². The Kier molecular flexibility index (Phi) is 10.1. The molecule has 2 aromatic rings. The van der Waals surface area contributed by atoms with Crippen molar-refractivity contribution in [3.63, 3.8) is 0 Å². The number of rotatable bonds is 13. The average molecular weight is 433 g/mol. The van der Waals surface area contributed by atoms with E-state index >= 15 is 0 Å². The topological polar surface area (TPSA) is 72.3 Å². The molecule has 30 heavy (non-hydrogen) atoms. The molecule has 3 unspecified atom stereocenters. The molecule has 1 aromatic carbocycles. The molecule has 0 saturated carbocycles. The minimum absolute atomic E-state index is 0.0385. The van der Waals surface area contributed by atoms with Crippen LogP contribution in [0.25, 0.3) is 11.1 Å². The van der Waals surface area contributed by atoms with E-state index in [9.17, 15) is 9.90 Å². The number of alkyl halides is 1. The van der Waals surface area contributed by atoms with Crippen molar-refractivity contribution >= 4 is 17.6 Å². The second-order valence-electron chi connectivity index (χ2n) is 7.85. The minimum Gasteiger partial charge on any atom is -0.480 e. The van der Waals surface area contributed by atoms with Crippen molar-refractivity contribution in [1.29, 1.82) is 0 Å². The highest BCUT2D eigenvalue weighted by molar-refractivity contribution is 6.29. The molecule has 164 valence electrons.